The van der Waals surface area contributed by atoms with E-state index < -0.39 is 0 Å². The van der Waals surface area contributed by atoms with Crippen LogP contribution in [-0.4, -0.2) is 5.78 Å². The molecule has 0 aromatic heterocycles. The van der Waals surface area contributed by atoms with Gasteiger partial charge in [-0.2, -0.15) is 0 Å². The second-order valence-electron chi connectivity index (χ2n) is 10.2. The molecule has 3 rings (SSSR count). The summed E-state index contributed by atoms with van der Waals surface area (Å²) in [6.45, 7) is 20.7. The third-order valence-electron chi connectivity index (χ3n) is 5.72. The smallest absolute Gasteiger partial charge is 0.162 e. The first kappa shape index (κ1) is 30.8. The Balaban J connectivity index is 0.00000120. The topological polar surface area (TPSA) is 17.1 Å². The van der Waals surface area contributed by atoms with Crippen molar-refractivity contribution < 1.29 is 4.79 Å². The molecular formula is C35H46O. The second kappa shape index (κ2) is 14.4. The van der Waals surface area contributed by atoms with Gasteiger partial charge in [-0.3, -0.25) is 4.79 Å². The van der Waals surface area contributed by atoms with Crippen LogP contribution in [0, 0.1) is 26.7 Å². The fourth-order valence-electron chi connectivity index (χ4n) is 3.88. The molecule has 0 radical (unpaired) electrons. The highest BCUT2D eigenvalue weighted by Gasteiger charge is 2.15. The molecule has 0 atom stereocenters. The van der Waals surface area contributed by atoms with Crippen LogP contribution in [-0.2, 0) is 4.79 Å². The van der Waals surface area contributed by atoms with E-state index in [1.54, 1.807) is 0 Å². The van der Waals surface area contributed by atoms with Crippen LogP contribution in [0.4, 0.5) is 0 Å². The van der Waals surface area contributed by atoms with Gasteiger partial charge in [0.25, 0.3) is 0 Å². The van der Waals surface area contributed by atoms with Gasteiger partial charge in [-0.25, -0.2) is 0 Å². The van der Waals surface area contributed by atoms with Crippen LogP contribution < -0.4 is 0 Å². The molecule has 3 aromatic rings. The molecule has 36 heavy (non-hydrogen) atoms. The highest BCUT2D eigenvalue weighted by atomic mass is 16.1. The number of aryl methyl sites for hydroxylation is 3. The molecule has 0 spiro atoms. The summed E-state index contributed by atoms with van der Waals surface area (Å²) < 4.78 is 0. The van der Waals surface area contributed by atoms with Crippen LogP contribution >= 0.6 is 0 Å². The SMILES string of the molecule is C.C=C(C)C/C=C(\C(=O)CC)c1cc(-c2ccc(-c3ccc(C)cc3)cc2)c(C)cc1C.CC(C)C. The molecule has 0 aliphatic carbocycles. The number of carbonyl (C=O) groups is 1. The molecule has 0 saturated heterocycles. The molecule has 0 bridgehead atoms. The summed E-state index contributed by atoms with van der Waals surface area (Å²) in [5.41, 5.74) is 11.3. The molecule has 0 aliphatic rings. The summed E-state index contributed by atoms with van der Waals surface area (Å²) in [5, 5.41) is 0. The number of carbonyl (C=O) groups excluding carboxylic acids is 1. The molecule has 0 heterocycles. The summed E-state index contributed by atoms with van der Waals surface area (Å²) in [6.07, 6.45) is 3.25. The van der Waals surface area contributed by atoms with E-state index >= 15 is 0 Å². The Morgan fingerprint density at radius 2 is 1.31 bits per heavy atom. The summed E-state index contributed by atoms with van der Waals surface area (Å²) in [5.74, 6) is 1.01. The van der Waals surface area contributed by atoms with Crippen molar-refractivity contribution in [1.82, 2.24) is 0 Å². The average Bonchev–Trinajstić information content (AvgIpc) is 2.80. The van der Waals surface area contributed by atoms with Crippen LogP contribution in [0.5, 0.6) is 0 Å². The van der Waals surface area contributed by atoms with Crippen LogP contribution in [0.15, 0.2) is 78.9 Å². The van der Waals surface area contributed by atoms with Gasteiger partial charge in [-0.1, -0.05) is 114 Å². The van der Waals surface area contributed by atoms with Crippen LogP contribution in [0.25, 0.3) is 27.8 Å². The third kappa shape index (κ3) is 8.79. The number of ketones is 1. The van der Waals surface area contributed by atoms with Crippen molar-refractivity contribution in [3.8, 4) is 22.3 Å². The first-order valence-corrected chi connectivity index (χ1v) is 12.7. The number of Topliss-reactive ketones (excluding diaryl/α,β-unsaturated/α-hetero) is 1. The zero-order chi connectivity index (χ0) is 26.1. The fourth-order valence-corrected chi connectivity index (χ4v) is 3.88. The molecule has 192 valence electrons. The predicted molar refractivity (Wildman–Crippen MR) is 161 cm³/mol. The van der Waals surface area contributed by atoms with Gasteiger partial charge in [-0.05, 0) is 85.0 Å². The van der Waals surface area contributed by atoms with E-state index in [1.807, 2.05) is 19.9 Å². The van der Waals surface area contributed by atoms with E-state index in [4.69, 9.17) is 0 Å². The van der Waals surface area contributed by atoms with Gasteiger partial charge in [0.15, 0.2) is 5.78 Å². The molecule has 1 heteroatoms. The lowest BCUT2D eigenvalue weighted by Crippen LogP contribution is -2.03. The predicted octanol–water partition coefficient (Wildman–Crippen LogP) is 10.6. The number of rotatable bonds is 7. The molecule has 0 fully saturated rings. The number of allylic oxidation sites excluding steroid dienone is 3. The van der Waals surface area contributed by atoms with Gasteiger partial charge in [-0.15, -0.1) is 0 Å². The van der Waals surface area contributed by atoms with E-state index in [2.05, 4.69) is 109 Å². The van der Waals surface area contributed by atoms with Crippen molar-refractivity contribution in [3.05, 3.63) is 101 Å². The molecule has 0 unspecified atom stereocenters. The first-order chi connectivity index (χ1) is 16.5. The molecular weight excluding hydrogens is 436 g/mol. The van der Waals surface area contributed by atoms with E-state index in [9.17, 15) is 4.79 Å². The maximum absolute atomic E-state index is 12.7. The van der Waals surface area contributed by atoms with Crippen molar-refractivity contribution >= 4 is 11.4 Å². The fraction of sp³-hybridized carbons (Fsp3) is 0.343. The minimum absolute atomic E-state index is 0. The third-order valence-corrected chi connectivity index (χ3v) is 5.72. The van der Waals surface area contributed by atoms with Crippen molar-refractivity contribution in [2.24, 2.45) is 5.92 Å². The van der Waals surface area contributed by atoms with Gasteiger partial charge < -0.3 is 0 Å². The largest absolute Gasteiger partial charge is 0.294 e. The average molecular weight is 483 g/mol. The van der Waals surface area contributed by atoms with Gasteiger partial charge in [0.2, 0.25) is 0 Å². The maximum Gasteiger partial charge on any atom is 0.162 e. The van der Waals surface area contributed by atoms with Gasteiger partial charge in [0, 0.05) is 12.0 Å². The first-order valence-electron chi connectivity index (χ1n) is 12.7. The summed E-state index contributed by atoms with van der Waals surface area (Å²) in [7, 11) is 0. The van der Waals surface area contributed by atoms with Gasteiger partial charge in [0.05, 0.1) is 0 Å². The zero-order valence-electron chi connectivity index (χ0n) is 23.0. The van der Waals surface area contributed by atoms with E-state index in [-0.39, 0.29) is 13.2 Å². The Kier molecular flexibility index (Phi) is 12.3. The lowest BCUT2D eigenvalue weighted by molar-refractivity contribution is -0.113. The van der Waals surface area contributed by atoms with Crippen molar-refractivity contribution in [1.29, 1.82) is 0 Å². The van der Waals surface area contributed by atoms with E-state index in [0.29, 0.717) is 6.42 Å². The second-order valence-corrected chi connectivity index (χ2v) is 10.2. The van der Waals surface area contributed by atoms with Crippen molar-refractivity contribution in [3.63, 3.8) is 0 Å². The minimum atomic E-state index is 0. The number of benzene rings is 3. The standard InChI is InChI=1S/C30H32O.C4H10.CH4/c1-7-30(31)27(17-8-20(2)3)29-19-28(22(5)18-23(29)6)26-15-13-25(14-16-26)24-11-9-21(4)10-12-24;1-4(2)3;/h9-19H,2,7-8H2,1,3-6H3;4H,1-3H3;1H4/b27-17-;;. The van der Waals surface area contributed by atoms with Gasteiger partial charge >= 0.3 is 0 Å². The van der Waals surface area contributed by atoms with E-state index in [1.165, 1.54) is 27.8 Å². The molecule has 3 aromatic carbocycles. The Hall–Kier alpha value is -3.19. The Morgan fingerprint density at radius 1 is 0.833 bits per heavy atom. The lowest BCUT2D eigenvalue weighted by atomic mass is 9.88. The molecule has 0 aliphatic heterocycles. The molecule has 0 saturated carbocycles. The number of hydrogen-bond acceptors (Lipinski definition) is 1. The van der Waals surface area contributed by atoms with E-state index in [0.717, 1.165) is 40.2 Å². The van der Waals surface area contributed by atoms with Crippen LogP contribution in [0.3, 0.4) is 0 Å². The molecule has 0 N–H and O–H groups in total. The van der Waals surface area contributed by atoms with Crippen molar-refractivity contribution in [2.45, 2.75) is 75.7 Å². The molecule has 0 amide bonds. The van der Waals surface area contributed by atoms with Crippen LogP contribution in [0.2, 0.25) is 0 Å². The highest BCUT2D eigenvalue weighted by molar-refractivity contribution is 6.21. The summed E-state index contributed by atoms with van der Waals surface area (Å²) in [4.78, 5) is 12.7. The zero-order valence-corrected chi connectivity index (χ0v) is 23.0. The highest BCUT2D eigenvalue weighted by Crippen LogP contribution is 2.32. The monoisotopic (exact) mass is 482 g/mol. The Labute approximate surface area is 221 Å². The normalized spacial score (nSPS) is 10.9. The maximum atomic E-state index is 12.7. The lowest BCUT2D eigenvalue weighted by Gasteiger charge is -2.15. The van der Waals surface area contributed by atoms with Crippen LogP contribution in [0.1, 0.15) is 77.1 Å². The molecule has 1 nitrogen and oxygen atoms in total. The number of hydrogen-bond donors (Lipinski definition) is 0. The van der Waals surface area contributed by atoms with Gasteiger partial charge in [0.1, 0.15) is 0 Å². The van der Waals surface area contributed by atoms with Crippen molar-refractivity contribution in [2.75, 3.05) is 0 Å². The quantitative estimate of drug-likeness (QED) is 0.242. The summed E-state index contributed by atoms with van der Waals surface area (Å²) in [6, 6.07) is 21.7. The Bertz CT molecular complexity index is 1170. The minimum Gasteiger partial charge on any atom is -0.294 e. The summed E-state index contributed by atoms with van der Waals surface area (Å²) >= 11 is 0. The Morgan fingerprint density at radius 3 is 1.78 bits per heavy atom.